The van der Waals surface area contributed by atoms with Crippen molar-refractivity contribution < 1.29 is 14.3 Å². The van der Waals surface area contributed by atoms with Crippen molar-refractivity contribution in [3.8, 4) is 11.5 Å². The first-order valence-corrected chi connectivity index (χ1v) is 10.0. The molecule has 4 rings (SSSR count). The summed E-state index contributed by atoms with van der Waals surface area (Å²) in [5.41, 5.74) is 1.58. The molecule has 5 heteroatoms. The van der Waals surface area contributed by atoms with Crippen molar-refractivity contribution in [1.29, 1.82) is 0 Å². The van der Waals surface area contributed by atoms with Gasteiger partial charge in [-0.05, 0) is 42.0 Å². The third-order valence-electron chi connectivity index (χ3n) is 5.33. The third-order valence-corrected chi connectivity index (χ3v) is 5.33. The number of nitrogens with zero attached hydrogens (tertiary/aromatic N) is 2. The van der Waals surface area contributed by atoms with E-state index in [2.05, 4.69) is 0 Å². The van der Waals surface area contributed by atoms with E-state index in [-0.39, 0.29) is 11.8 Å². The monoisotopic (exact) mass is 400 g/mol. The maximum atomic E-state index is 13.2. The van der Waals surface area contributed by atoms with Gasteiger partial charge in [-0.25, -0.2) is 0 Å². The Morgan fingerprint density at radius 1 is 0.867 bits per heavy atom. The molecule has 30 heavy (non-hydrogen) atoms. The van der Waals surface area contributed by atoms with Crippen molar-refractivity contribution in [2.45, 2.75) is 12.5 Å². The fraction of sp³-hybridized carbons (Fsp3) is 0.200. The first kappa shape index (κ1) is 19.7. The van der Waals surface area contributed by atoms with Gasteiger partial charge in [-0.3, -0.25) is 9.59 Å². The summed E-state index contributed by atoms with van der Waals surface area (Å²) in [6, 6.07) is 25.9. The zero-order valence-electron chi connectivity index (χ0n) is 16.9. The molecule has 1 saturated heterocycles. The number of carbonyl (C=O) groups excluding carboxylic acids is 2. The van der Waals surface area contributed by atoms with Gasteiger partial charge in [-0.15, -0.1) is 0 Å². The number of piperazine rings is 1. The molecule has 0 spiro atoms. The largest absolute Gasteiger partial charge is 0.457 e. The van der Waals surface area contributed by atoms with Gasteiger partial charge in [-0.1, -0.05) is 48.5 Å². The highest BCUT2D eigenvalue weighted by Crippen LogP contribution is 2.23. The second kappa shape index (κ2) is 8.82. The molecule has 152 valence electrons. The van der Waals surface area contributed by atoms with Crippen LogP contribution in [-0.4, -0.2) is 47.8 Å². The van der Waals surface area contributed by atoms with Gasteiger partial charge in [-0.2, -0.15) is 0 Å². The first-order valence-electron chi connectivity index (χ1n) is 10.0. The second-order valence-electron chi connectivity index (χ2n) is 7.40. The van der Waals surface area contributed by atoms with E-state index in [0.29, 0.717) is 30.8 Å². The summed E-state index contributed by atoms with van der Waals surface area (Å²) < 4.78 is 5.80. The highest BCUT2D eigenvalue weighted by atomic mass is 16.5. The average Bonchev–Trinajstić information content (AvgIpc) is 2.79. The number of ether oxygens (including phenoxy) is 1. The van der Waals surface area contributed by atoms with Gasteiger partial charge in [0, 0.05) is 32.1 Å². The molecular formula is C25H24N2O3. The van der Waals surface area contributed by atoms with Crippen molar-refractivity contribution in [3.05, 3.63) is 96.1 Å². The predicted octanol–water partition coefficient (Wildman–Crippen LogP) is 4.00. The van der Waals surface area contributed by atoms with E-state index in [1.165, 1.54) is 0 Å². The number of carbonyl (C=O) groups is 2. The van der Waals surface area contributed by atoms with Gasteiger partial charge in [0.15, 0.2) is 0 Å². The molecule has 1 fully saturated rings. The van der Waals surface area contributed by atoms with Crippen LogP contribution >= 0.6 is 0 Å². The minimum atomic E-state index is -0.501. The van der Waals surface area contributed by atoms with Gasteiger partial charge in [0.25, 0.3) is 5.91 Å². The quantitative estimate of drug-likeness (QED) is 0.650. The standard InChI is InChI=1S/C25H24N2O3/c1-26-16-17-27(23(25(26)29)18-19-8-4-2-5-9-19)24(28)20-12-14-22(15-13-20)30-21-10-6-3-7-11-21/h2-15,23H,16-18H2,1H3. The Balaban J connectivity index is 1.52. The summed E-state index contributed by atoms with van der Waals surface area (Å²) in [5.74, 6) is 1.24. The Bertz CT molecular complexity index is 1000. The number of para-hydroxylation sites is 1. The van der Waals surface area contributed by atoms with Crippen LogP contribution in [0.25, 0.3) is 0 Å². The second-order valence-corrected chi connectivity index (χ2v) is 7.40. The van der Waals surface area contributed by atoms with E-state index in [0.717, 1.165) is 11.3 Å². The number of likely N-dealkylation sites (N-methyl/N-ethyl adjacent to an activating group) is 1. The summed E-state index contributed by atoms with van der Waals surface area (Å²) in [4.78, 5) is 29.5. The maximum Gasteiger partial charge on any atom is 0.254 e. The van der Waals surface area contributed by atoms with E-state index >= 15 is 0 Å². The summed E-state index contributed by atoms with van der Waals surface area (Å²) >= 11 is 0. The molecule has 0 saturated carbocycles. The van der Waals surface area contributed by atoms with Crippen LogP contribution in [-0.2, 0) is 11.2 Å². The van der Waals surface area contributed by atoms with Gasteiger partial charge in [0.2, 0.25) is 5.91 Å². The van der Waals surface area contributed by atoms with Crippen LogP contribution in [0.3, 0.4) is 0 Å². The lowest BCUT2D eigenvalue weighted by molar-refractivity contribution is -0.138. The average molecular weight is 400 g/mol. The number of hydrogen-bond acceptors (Lipinski definition) is 3. The smallest absolute Gasteiger partial charge is 0.254 e. The fourth-order valence-corrected chi connectivity index (χ4v) is 3.65. The Morgan fingerprint density at radius 3 is 2.13 bits per heavy atom. The lowest BCUT2D eigenvalue weighted by Gasteiger charge is -2.39. The van der Waals surface area contributed by atoms with E-state index in [1.807, 2.05) is 60.7 Å². The molecule has 0 radical (unpaired) electrons. The predicted molar refractivity (Wildman–Crippen MR) is 116 cm³/mol. The van der Waals surface area contributed by atoms with Crippen molar-refractivity contribution in [2.75, 3.05) is 20.1 Å². The van der Waals surface area contributed by atoms with Gasteiger partial charge >= 0.3 is 0 Å². The number of rotatable bonds is 5. The summed E-state index contributed by atoms with van der Waals surface area (Å²) in [7, 11) is 1.79. The molecule has 1 aliphatic rings. The molecular weight excluding hydrogens is 376 g/mol. The Morgan fingerprint density at radius 2 is 1.47 bits per heavy atom. The summed E-state index contributed by atoms with van der Waals surface area (Å²) in [6.07, 6.45) is 0.505. The van der Waals surface area contributed by atoms with Crippen molar-refractivity contribution >= 4 is 11.8 Å². The van der Waals surface area contributed by atoms with Gasteiger partial charge < -0.3 is 14.5 Å². The highest BCUT2D eigenvalue weighted by molar-refractivity contribution is 5.98. The molecule has 1 unspecified atom stereocenters. The van der Waals surface area contributed by atoms with E-state index in [4.69, 9.17) is 4.74 Å². The zero-order chi connectivity index (χ0) is 20.9. The normalized spacial score (nSPS) is 16.4. The first-order chi connectivity index (χ1) is 14.6. The lowest BCUT2D eigenvalue weighted by Crippen LogP contribution is -2.58. The van der Waals surface area contributed by atoms with Gasteiger partial charge in [0.05, 0.1) is 0 Å². The van der Waals surface area contributed by atoms with Crippen LogP contribution in [0.4, 0.5) is 0 Å². The SMILES string of the molecule is CN1CCN(C(=O)c2ccc(Oc3ccccc3)cc2)C(Cc2ccccc2)C1=O. The van der Waals surface area contributed by atoms with Crippen LogP contribution in [0.15, 0.2) is 84.9 Å². The molecule has 1 heterocycles. The van der Waals surface area contributed by atoms with Gasteiger partial charge in [0.1, 0.15) is 17.5 Å². The minimum Gasteiger partial charge on any atom is -0.457 e. The van der Waals surface area contributed by atoms with Crippen molar-refractivity contribution in [3.63, 3.8) is 0 Å². The number of benzene rings is 3. The molecule has 3 aromatic rings. The van der Waals surface area contributed by atoms with Crippen LogP contribution in [0.1, 0.15) is 15.9 Å². The van der Waals surface area contributed by atoms with Crippen LogP contribution in [0, 0.1) is 0 Å². The maximum absolute atomic E-state index is 13.2. The molecule has 0 N–H and O–H groups in total. The van der Waals surface area contributed by atoms with Crippen LogP contribution in [0.2, 0.25) is 0 Å². The molecule has 0 aromatic heterocycles. The Labute approximate surface area is 176 Å². The Hall–Kier alpha value is -3.60. The molecule has 5 nitrogen and oxygen atoms in total. The molecule has 1 atom stereocenters. The Kier molecular flexibility index (Phi) is 5.80. The van der Waals surface area contributed by atoms with E-state index < -0.39 is 6.04 Å². The van der Waals surface area contributed by atoms with Crippen LogP contribution in [0.5, 0.6) is 11.5 Å². The lowest BCUT2D eigenvalue weighted by atomic mass is 10.0. The third kappa shape index (κ3) is 4.35. The fourth-order valence-electron chi connectivity index (χ4n) is 3.65. The summed E-state index contributed by atoms with van der Waals surface area (Å²) in [5, 5.41) is 0. The van der Waals surface area contributed by atoms with Crippen molar-refractivity contribution in [1.82, 2.24) is 9.80 Å². The van der Waals surface area contributed by atoms with E-state index in [1.54, 1.807) is 41.1 Å². The molecule has 2 amide bonds. The minimum absolute atomic E-state index is 0.0255. The van der Waals surface area contributed by atoms with Crippen LogP contribution < -0.4 is 4.74 Å². The molecule has 0 aliphatic carbocycles. The topological polar surface area (TPSA) is 49.9 Å². The number of hydrogen-bond donors (Lipinski definition) is 0. The molecule has 1 aliphatic heterocycles. The number of amides is 2. The zero-order valence-corrected chi connectivity index (χ0v) is 16.9. The molecule has 0 bridgehead atoms. The molecule has 3 aromatic carbocycles. The van der Waals surface area contributed by atoms with Crippen molar-refractivity contribution in [2.24, 2.45) is 0 Å². The van der Waals surface area contributed by atoms with E-state index in [9.17, 15) is 9.59 Å². The highest BCUT2D eigenvalue weighted by Gasteiger charge is 2.36. The summed E-state index contributed by atoms with van der Waals surface area (Å²) in [6.45, 7) is 1.05.